The molecular formula is C13H18N4O2. The maximum Gasteiger partial charge on any atom is 0.247 e. The number of anilines is 2. The molecule has 0 atom stereocenters. The average molecular weight is 262 g/mol. The number of amides is 1. The van der Waals surface area contributed by atoms with Crippen LogP contribution in [-0.4, -0.2) is 41.2 Å². The molecule has 2 heterocycles. The van der Waals surface area contributed by atoms with Gasteiger partial charge in [0.05, 0.1) is 36.8 Å². The first-order valence-corrected chi connectivity index (χ1v) is 6.14. The fourth-order valence-electron chi connectivity index (χ4n) is 1.95. The van der Waals surface area contributed by atoms with Gasteiger partial charge in [0.2, 0.25) is 11.9 Å². The first kappa shape index (κ1) is 13.5. The van der Waals surface area contributed by atoms with Crippen LogP contribution in [0.15, 0.2) is 25.0 Å². The zero-order chi connectivity index (χ0) is 13.9. The molecule has 0 radical (unpaired) electrons. The fourth-order valence-corrected chi connectivity index (χ4v) is 1.95. The van der Waals surface area contributed by atoms with Crippen molar-refractivity contribution in [1.82, 2.24) is 9.97 Å². The van der Waals surface area contributed by atoms with Crippen LogP contribution in [0.2, 0.25) is 0 Å². The molecule has 0 bridgehead atoms. The summed E-state index contributed by atoms with van der Waals surface area (Å²) in [4.78, 5) is 21.9. The summed E-state index contributed by atoms with van der Waals surface area (Å²) in [7, 11) is 0. The van der Waals surface area contributed by atoms with E-state index in [9.17, 15) is 4.79 Å². The lowest BCUT2D eigenvalue weighted by molar-refractivity contribution is -0.111. The Bertz CT molecular complexity index is 470. The van der Waals surface area contributed by atoms with E-state index in [4.69, 9.17) is 4.74 Å². The minimum Gasteiger partial charge on any atom is -0.377 e. The van der Waals surface area contributed by atoms with Gasteiger partial charge in [-0.15, -0.1) is 0 Å². The molecule has 2 rings (SSSR count). The molecule has 0 saturated carbocycles. The molecule has 1 aromatic rings. The molecule has 1 fully saturated rings. The van der Waals surface area contributed by atoms with E-state index < -0.39 is 0 Å². The summed E-state index contributed by atoms with van der Waals surface area (Å²) in [6.07, 6.45) is 4.39. The molecule has 1 aliphatic rings. The van der Waals surface area contributed by atoms with Crippen LogP contribution >= 0.6 is 0 Å². The van der Waals surface area contributed by atoms with E-state index in [0.717, 1.165) is 6.54 Å². The molecule has 1 aliphatic heterocycles. The molecule has 0 unspecified atom stereocenters. The van der Waals surface area contributed by atoms with E-state index in [1.54, 1.807) is 12.4 Å². The minimum absolute atomic E-state index is 0.135. The molecule has 1 N–H and O–H groups in total. The lowest BCUT2D eigenvalue weighted by Crippen LogP contribution is -2.53. The van der Waals surface area contributed by atoms with Gasteiger partial charge < -0.3 is 15.0 Å². The van der Waals surface area contributed by atoms with Crippen molar-refractivity contribution in [1.29, 1.82) is 0 Å². The van der Waals surface area contributed by atoms with Gasteiger partial charge >= 0.3 is 0 Å². The van der Waals surface area contributed by atoms with E-state index in [-0.39, 0.29) is 11.4 Å². The lowest BCUT2D eigenvalue weighted by atomic mass is 10.0. The van der Waals surface area contributed by atoms with E-state index in [1.807, 2.05) is 0 Å². The Labute approximate surface area is 112 Å². The molecule has 6 heteroatoms. The maximum atomic E-state index is 11.2. The summed E-state index contributed by atoms with van der Waals surface area (Å²) in [6.45, 7) is 9.63. The number of rotatable bonds is 3. The maximum absolute atomic E-state index is 11.2. The van der Waals surface area contributed by atoms with Crippen molar-refractivity contribution in [3.05, 3.63) is 25.0 Å². The van der Waals surface area contributed by atoms with Gasteiger partial charge in [-0.05, 0) is 19.9 Å². The van der Waals surface area contributed by atoms with Crippen LogP contribution in [0.4, 0.5) is 11.6 Å². The Balaban J connectivity index is 2.13. The van der Waals surface area contributed by atoms with Gasteiger partial charge in [-0.25, -0.2) is 9.97 Å². The predicted octanol–water partition coefficient (Wildman–Crippen LogP) is 1.22. The molecule has 1 saturated heterocycles. The van der Waals surface area contributed by atoms with Crippen molar-refractivity contribution >= 4 is 17.5 Å². The van der Waals surface area contributed by atoms with Crippen molar-refractivity contribution in [2.75, 3.05) is 30.0 Å². The smallest absolute Gasteiger partial charge is 0.247 e. The van der Waals surface area contributed by atoms with Crippen molar-refractivity contribution in [3.63, 3.8) is 0 Å². The highest BCUT2D eigenvalue weighted by atomic mass is 16.5. The molecule has 19 heavy (non-hydrogen) atoms. The Morgan fingerprint density at radius 2 is 2.21 bits per heavy atom. The van der Waals surface area contributed by atoms with Crippen LogP contribution in [0.1, 0.15) is 13.8 Å². The van der Waals surface area contributed by atoms with Gasteiger partial charge in [-0.3, -0.25) is 4.79 Å². The number of carbonyl (C=O) groups excluding carboxylic acids is 1. The van der Waals surface area contributed by atoms with Crippen LogP contribution in [0.5, 0.6) is 0 Å². The van der Waals surface area contributed by atoms with E-state index >= 15 is 0 Å². The highest BCUT2D eigenvalue weighted by Crippen LogP contribution is 2.23. The van der Waals surface area contributed by atoms with Crippen molar-refractivity contribution in [2.45, 2.75) is 19.4 Å². The first-order valence-electron chi connectivity index (χ1n) is 6.14. The minimum atomic E-state index is -0.275. The fraction of sp³-hybridized carbons (Fsp3) is 0.462. The Morgan fingerprint density at radius 1 is 1.53 bits per heavy atom. The van der Waals surface area contributed by atoms with Crippen LogP contribution < -0.4 is 10.2 Å². The number of carbonyl (C=O) groups is 1. The predicted molar refractivity (Wildman–Crippen MR) is 73.1 cm³/mol. The third-order valence-corrected chi connectivity index (χ3v) is 2.98. The van der Waals surface area contributed by atoms with E-state index in [1.165, 1.54) is 6.08 Å². The van der Waals surface area contributed by atoms with Crippen molar-refractivity contribution in [2.24, 2.45) is 0 Å². The van der Waals surface area contributed by atoms with Gasteiger partial charge in [0.15, 0.2) is 0 Å². The lowest BCUT2D eigenvalue weighted by Gasteiger charge is -2.42. The molecule has 102 valence electrons. The van der Waals surface area contributed by atoms with E-state index in [2.05, 4.69) is 40.6 Å². The van der Waals surface area contributed by atoms with Gasteiger partial charge in [-0.2, -0.15) is 0 Å². The number of nitrogens with zero attached hydrogens (tertiary/aromatic N) is 3. The topological polar surface area (TPSA) is 67.4 Å². The number of aromatic nitrogens is 2. The summed E-state index contributed by atoms with van der Waals surface area (Å²) in [5.74, 6) is 0.368. The molecule has 0 spiro atoms. The monoisotopic (exact) mass is 262 g/mol. The number of hydrogen-bond donors (Lipinski definition) is 1. The zero-order valence-electron chi connectivity index (χ0n) is 11.2. The van der Waals surface area contributed by atoms with Crippen molar-refractivity contribution < 1.29 is 9.53 Å². The second kappa shape index (κ2) is 5.36. The SMILES string of the molecule is C=CC(=O)Nc1cnc(N2CCOCC2(C)C)nc1. The number of morpholine rings is 1. The number of nitrogens with one attached hydrogen (secondary N) is 1. The number of ether oxygens (including phenoxy) is 1. The average Bonchev–Trinajstić information content (AvgIpc) is 2.39. The molecule has 0 aromatic carbocycles. The van der Waals surface area contributed by atoms with Crippen LogP contribution in [0, 0.1) is 0 Å². The van der Waals surface area contributed by atoms with Crippen LogP contribution in [0.3, 0.4) is 0 Å². The highest BCUT2D eigenvalue weighted by Gasteiger charge is 2.32. The molecule has 6 nitrogen and oxygen atoms in total. The standard InChI is InChI=1S/C13H18N4O2/c1-4-11(18)16-10-7-14-12(15-8-10)17-5-6-19-9-13(17,2)3/h4,7-8H,1,5-6,9H2,2-3H3,(H,16,18). The summed E-state index contributed by atoms with van der Waals surface area (Å²) >= 11 is 0. The van der Waals surface area contributed by atoms with Crippen LogP contribution in [-0.2, 0) is 9.53 Å². The quantitative estimate of drug-likeness (QED) is 0.829. The number of hydrogen-bond acceptors (Lipinski definition) is 5. The second-order valence-electron chi connectivity index (χ2n) is 4.98. The Kier molecular flexibility index (Phi) is 3.80. The van der Waals surface area contributed by atoms with Gasteiger partial charge in [-0.1, -0.05) is 6.58 Å². The molecule has 1 aromatic heterocycles. The Hall–Kier alpha value is -1.95. The highest BCUT2D eigenvalue weighted by molar-refractivity contribution is 5.98. The van der Waals surface area contributed by atoms with Crippen molar-refractivity contribution in [3.8, 4) is 0 Å². The Morgan fingerprint density at radius 3 is 2.79 bits per heavy atom. The molecule has 0 aliphatic carbocycles. The zero-order valence-corrected chi connectivity index (χ0v) is 11.2. The molecular weight excluding hydrogens is 244 g/mol. The first-order chi connectivity index (χ1) is 9.03. The third-order valence-electron chi connectivity index (χ3n) is 2.98. The second-order valence-corrected chi connectivity index (χ2v) is 4.98. The normalized spacial score (nSPS) is 17.9. The summed E-state index contributed by atoms with van der Waals surface area (Å²) in [6, 6.07) is 0. The van der Waals surface area contributed by atoms with Gasteiger partial charge in [0, 0.05) is 6.54 Å². The summed E-state index contributed by atoms with van der Waals surface area (Å²) < 4.78 is 5.46. The molecule has 1 amide bonds. The largest absolute Gasteiger partial charge is 0.377 e. The van der Waals surface area contributed by atoms with E-state index in [0.29, 0.717) is 24.8 Å². The van der Waals surface area contributed by atoms with Crippen LogP contribution in [0.25, 0.3) is 0 Å². The summed E-state index contributed by atoms with van der Waals surface area (Å²) in [5, 5.41) is 2.62. The summed E-state index contributed by atoms with van der Waals surface area (Å²) in [5.41, 5.74) is 0.421. The third kappa shape index (κ3) is 3.08. The van der Waals surface area contributed by atoms with Gasteiger partial charge in [0.1, 0.15) is 0 Å². The van der Waals surface area contributed by atoms with Gasteiger partial charge in [0.25, 0.3) is 0 Å².